The van der Waals surface area contributed by atoms with E-state index in [0.29, 0.717) is 0 Å². The predicted octanol–water partition coefficient (Wildman–Crippen LogP) is 3.21. The van der Waals surface area contributed by atoms with Gasteiger partial charge in [0.05, 0.1) is 16.7 Å². The SMILES string of the molecule is O=C(COc1cccc([N+](=O)[O-])c1)Nc1ccccc1OC(F)F. The van der Waals surface area contributed by atoms with Crippen LogP contribution in [0.4, 0.5) is 20.2 Å². The Hall–Kier alpha value is -3.23. The van der Waals surface area contributed by atoms with Crippen molar-refractivity contribution in [3.63, 3.8) is 0 Å². The molecule has 0 aromatic heterocycles. The zero-order valence-electron chi connectivity index (χ0n) is 12.1. The first kappa shape index (κ1) is 17.1. The molecule has 0 aliphatic heterocycles. The number of para-hydroxylation sites is 2. The van der Waals surface area contributed by atoms with Crippen molar-refractivity contribution in [1.29, 1.82) is 0 Å². The van der Waals surface area contributed by atoms with Gasteiger partial charge >= 0.3 is 6.61 Å². The Morgan fingerprint density at radius 2 is 1.96 bits per heavy atom. The van der Waals surface area contributed by atoms with Crippen LogP contribution in [0, 0.1) is 10.1 Å². The van der Waals surface area contributed by atoms with Crippen molar-refractivity contribution < 1.29 is 28.0 Å². The van der Waals surface area contributed by atoms with Crippen molar-refractivity contribution in [2.45, 2.75) is 6.61 Å². The molecular weight excluding hydrogens is 326 g/mol. The van der Waals surface area contributed by atoms with Crippen LogP contribution in [-0.4, -0.2) is 24.0 Å². The molecule has 0 saturated carbocycles. The number of halogens is 2. The highest BCUT2D eigenvalue weighted by Crippen LogP contribution is 2.25. The molecule has 0 spiro atoms. The third kappa shape index (κ3) is 4.90. The van der Waals surface area contributed by atoms with Gasteiger partial charge in [0.2, 0.25) is 0 Å². The number of nitrogens with zero attached hydrogens (tertiary/aromatic N) is 1. The molecule has 0 heterocycles. The Balaban J connectivity index is 1.97. The Bertz CT molecular complexity index is 739. The lowest BCUT2D eigenvalue weighted by Crippen LogP contribution is -2.20. The standard InChI is InChI=1S/C15H12F2N2O5/c16-15(17)24-13-7-2-1-6-12(13)18-14(20)9-23-11-5-3-4-10(8-11)19(21)22/h1-8,15H,9H2,(H,18,20). The maximum Gasteiger partial charge on any atom is 0.387 e. The monoisotopic (exact) mass is 338 g/mol. The van der Waals surface area contributed by atoms with Gasteiger partial charge in [-0.25, -0.2) is 0 Å². The first-order valence-electron chi connectivity index (χ1n) is 6.66. The average Bonchev–Trinajstić information content (AvgIpc) is 2.54. The molecule has 1 N–H and O–H groups in total. The average molecular weight is 338 g/mol. The maximum absolute atomic E-state index is 12.3. The van der Waals surface area contributed by atoms with E-state index in [1.807, 2.05) is 0 Å². The van der Waals surface area contributed by atoms with Crippen molar-refractivity contribution in [3.8, 4) is 11.5 Å². The number of carbonyl (C=O) groups excluding carboxylic acids is 1. The highest BCUT2D eigenvalue weighted by molar-refractivity contribution is 5.93. The summed E-state index contributed by atoms with van der Waals surface area (Å²) in [6.45, 7) is -3.48. The number of rotatable bonds is 7. The number of ether oxygens (including phenoxy) is 2. The summed E-state index contributed by atoms with van der Waals surface area (Å²) in [5.41, 5.74) is -0.117. The van der Waals surface area contributed by atoms with E-state index in [0.717, 1.165) is 0 Å². The molecule has 1 amide bonds. The number of nitro benzene ring substituents is 1. The molecular formula is C15H12F2N2O5. The largest absolute Gasteiger partial charge is 0.484 e. The topological polar surface area (TPSA) is 90.7 Å². The van der Waals surface area contributed by atoms with E-state index in [4.69, 9.17) is 4.74 Å². The molecule has 7 nitrogen and oxygen atoms in total. The summed E-state index contributed by atoms with van der Waals surface area (Å²) in [6, 6.07) is 11.0. The van der Waals surface area contributed by atoms with Crippen LogP contribution in [0.1, 0.15) is 0 Å². The van der Waals surface area contributed by atoms with Gasteiger partial charge in [0.25, 0.3) is 11.6 Å². The highest BCUT2D eigenvalue weighted by atomic mass is 19.3. The van der Waals surface area contributed by atoms with Crippen LogP contribution >= 0.6 is 0 Å². The summed E-state index contributed by atoms with van der Waals surface area (Å²) in [5, 5.41) is 13.0. The molecule has 0 bridgehead atoms. The molecule has 0 saturated heterocycles. The quantitative estimate of drug-likeness (QED) is 0.618. The van der Waals surface area contributed by atoms with Crippen molar-refractivity contribution in [2.24, 2.45) is 0 Å². The second-order valence-corrected chi connectivity index (χ2v) is 4.47. The summed E-state index contributed by atoms with van der Waals surface area (Å²) < 4.78 is 34.0. The zero-order chi connectivity index (χ0) is 17.5. The molecule has 0 aliphatic carbocycles. The van der Waals surface area contributed by atoms with Crippen LogP contribution in [-0.2, 0) is 4.79 Å². The van der Waals surface area contributed by atoms with Gasteiger partial charge in [-0.2, -0.15) is 8.78 Å². The van der Waals surface area contributed by atoms with Crippen LogP contribution in [0.15, 0.2) is 48.5 Å². The molecule has 24 heavy (non-hydrogen) atoms. The van der Waals surface area contributed by atoms with Gasteiger partial charge in [-0.15, -0.1) is 0 Å². The van der Waals surface area contributed by atoms with Crippen LogP contribution < -0.4 is 14.8 Å². The molecule has 2 rings (SSSR count). The fourth-order valence-corrected chi connectivity index (χ4v) is 1.79. The number of nitrogens with one attached hydrogen (secondary N) is 1. The molecule has 0 aliphatic rings. The zero-order valence-corrected chi connectivity index (χ0v) is 12.1. The van der Waals surface area contributed by atoms with E-state index in [1.54, 1.807) is 0 Å². The van der Waals surface area contributed by atoms with Gasteiger partial charge in [-0.1, -0.05) is 18.2 Å². The fraction of sp³-hybridized carbons (Fsp3) is 0.133. The van der Waals surface area contributed by atoms with E-state index in [1.165, 1.54) is 48.5 Å². The third-order valence-electron chi connectivity index (χ3n) is 2.78. The highest BCUT2D eigenvalue weighted by Gasteiger charge is 2.12. The van der Waals surface area contributed by atoms with E-state index < -0.39 is 24.0 Å². The number of alkyl halides is 2. The summed E-state index contributed by atoms with van der Waals surface area (Å²) in [6.07, 6.45) is 0. The summed E-state index contributed by atoms with van der Waals surface area (Å²) in [4.78, 5) is 21.9. The number of hydrogen-bond acceptors (Lipinski definition) is 5. The number of benzene rings is 2. The van der Waals surface area contributed by atoms with Crippen LogP contribution in [0.5, 0.6) is 11.5 Å². The Kier molecular flexibility index (Phi) is 5.61. The molecule has 0 unspecified atom stereocenters. The lowest BCUT2D eigenvalue weighted by molar-refractivity contribution is -0.384. The molecule has 2 aromatic rings. The van der Waals surface area contributed by atoms with E-state index in [9.17, 15) is 23.7 Å². The molecule has 9 heteroatoms. The van der Waals surface area contributed by atoms with Gasteiger partial charge < -0.3 is 14.8 Å². The number of carbonyl (C=O) groups is 1. The van der Waals surface area contributed by atoms with E-state index >= 15 is 0 Å². The van der Waals surface area contributed by atoms with Crippen LogP contribution in [0.2, 0.25) is 0 Å². The number of nitro groups is 1. The van der Waals surface area contributed by atoms with Gasteiger partial charge in [0, 0.05) is 6.07 Å². The molecule has 0 fully saturated rings. The minimum Gasteiger partial charge on any atom is -0.484 e. The number of non-ortho nitro benzene ring substituents is 1. The van der Waals surface area contributed by atoms with Gasteiger partial charge in [-0.3, -0.25) is 14.9 Å². The maximum atomic E-state index is 12.3. The van der Waals surface area contributed by atoms with Crippen molar-refractivity contribution >= 4 is 17.3 Å². The predicted molar refractivity (Wildman–Crippen MR) is 80.3 cm³/mol. The Morgan fingerprint density at radius 1 is 1.21 bits per heavy atom. The lowest BCUT2D eigenvalue weighted by atomic mass is 10.3. The first-order chi connectivity index (χ1) is 11.5. The minimum atomic E-state index is -3.02. The Morgan fingerprint density at radius 3 is 2.67 bits per heavy atom. The van der Waals surface area contributed by atoms with Crippen molar-refractivity contribution in [2.75, 3.05) is 11.9 Å². The first-order valence-corrected chi connectivity index (χ1v) is 6.66. The van der Waals surface area contributed by atoms with Gasteiger partial charge in [0.15, 0.2) is 6.61 Å². The third-order valence-corrected chi connectivity index (χ3v) is 2.78. The normalized spacial score (nSPS) is 10.3. The number of hydrogen-bond donors (Lipinski definition) is 1. The smallest absolute Gasteiger partial charge is 0.387 e. The van der Waals surface area contributed by atoms with Crippen LogP contribution in [0.25, 0.3) is 0 Å². The number of anilines is 1. The second-order valence-electron chi connectivity index (χ2n) is 4.47. The summed E-state index contributed by atoms with van der Waals surface area (Å²) in [7, 11) is 0. The van der Waals surface area contributed by atoms with Crippen LogP contribution in [0.3, 0.4) is 0 Å². The fourth-order valence-electron chi connectivity index (χ4n) is 1.79. The summed E-state index contributed by atoms with van der Waals surface area (Å²) >= 11 is 0. The lowest BCUT2D eigenvalue weighted by Gasteiger charge is -2.12. The molecule has 0 radical (unpaired) electrons. The summed E-state index contributed by atoms with van der Waals surface area (Å²) in [5.74, 6) is -0.681. The molecule has 126 valence electrons. The Labute approximate surface area is 135 Å². The van der Waals surface area contributed by atoms with Gasteiger partial charge in [0.1, 0.15) is 11.5 Å². The minimum absolute atomic E-state index is 0.0606. The van der Waals surface area contributed by atoms with Gasteiger partial charge in [-0.05, 0) is 18.2 Å². The van der Waals surface area contributed by atoms with Crippen molar-refractivity contribution in [1.82, 2.24) is 0 Å². The molecule has 2 aromatic carbocycles. The van der Waals surface area contributed by atoms with E-state index in [-0.39, 0.29) is 22.9 Å². The number of amides is 1. The van der Waals surface area contributed by atoms with Crippen molar-refractivity contribution in [3.05, 3.63) is 58.6 Å². The molecule has 0 atom stereocenters. The van der Waals surface area contributed by atoms with E-state index in [2.05, 4.69) is 10.1 Å². The second kappa shape index (κ2) is 7.86.